The van der Waals surface area contributed by atoms with Crippen LogP contribution in [0.15, 0.2) is 41.5 Å². The molecule has 8 heteroatoms. The smallest absolute Gasteiger partial charge is 0.257 e. The first-order valence-electron chi connectivity index (χ1n) is 7.92. The van der Waals surface area contributed by atoms with Crippen LogP contribution in [0.1, 0.15) is 30.6 Å². The number of hydrogen-bond donors (Lipinski definition) is 2. The summed E-state index contributed by atoms with van der Waals surface area (Å²) < 4.78 is 0.999. The van der Waals surface area contributed by atoms with Gasteiger partial charge in [0.1, 0.15) is 0 Å². The van der Waals surface area contributed by atoms with Crippen LogP contribution in [-0.4, -0.2) is 16.6 Å². The summed E-state index contributed by atoms with van der Waals surface area (Å²) in [6.07, 6.45) is 0.876. The molecule has 0 bridgehead atoms. The topological polar surface area (TPSA) is 66.4 Å². The van der Waals surface area contributed by atoms with E-state index in [2.05, 4.69) is 20.8 Å². The maximum atomic E-state index is 12.4. The summed E-state index contributed by atoms with van der Waals surface area (Å²) in [5.74, 6) is -0.303. The Labute approximate surface area is 165 Å². The Hall–Kier alpha value is -2.15. The van der Waals surface area contributed by atoms with Crippen molar-refractivity contribution in [2.24, 2.45) is 5.10 Å². The van der Waals surface area contributed by atoms with Crippen LogP contribution < -0.4 is 10.7 Å². The fourth-order valence-corrected chi connectivity index (χ4v) is 3.43. The number of aromatic nitrogens is 1. The molecule has 26 heavy (non-hydrogen) atoms. The average molecular weight is 407 g/mol. The van der Waals surface area contributed by atoms with E-state index in [-0.39, 0.29) is 5.91 Å². The summed E-state index contributed by atoms with van der Waals surface area (Å²) in [5.41, 5.74) is 5.74. The minimum absolute atomic E-state index is 0.303. The van der Waals surface area contributed by atoms with Crippen molar-refractivity contribution < 1.29 is 4.79 Å². The zero-order valence-corrected chi connectivity index (χ0v) is 16.5. The number of hydrazone groups is 1. The van der Waals surface area contributed by atoms with Gasteiger partial charge in [-0.25, -0.2) is 4.98 Å². The van der Waals surface area contributed by atoms with Crippen molar-refractivity contribution >= 4 is 67.2 Å². The Morgan fingerprint density at radius 2 is 2.04 bits per heavy atom. The number of nitrogens with zero attached hydrogens (tertiary/aromatic N) is 2. The first-order chi connectivity index (χ1) is 12.5. The number of thiazole rings is 1. The fourth-order valence-electron chi connectivity index (χ4n) is 2.15. The molecule has 0 spiro atoms. The third-order valence-electron chi connectivity index (χ3n) is 3.68. The predicted octanol–water partition coefficient (Wildman–Crippen LogP) is 6.05. The van der Waals surface area contributed by atoms with Gasteiger partial charge in [0.25, 0.3) is 5.91 Å². The van der Waals surface area contributed by atoms with Crippen LogP contribution in [0.25, 0.3) is 10.2 Å². The SMILES string of the molecule is CC/C(C)=N\Nc1nc2cc(NC(=O)c3ccc(Cl)cc3Cl)ccc2s1. The number of rotatable bonds is 5. The Kier molecular flexibility index (Phi) is 5.76. The molecular weight excluding hydrogens is 391 g/mol. The summed E-state index contributed by atoms with van der Waals surface area (Å²) >= 11 is 13.5. The third kappa shape index (κ3) is 4.33. The lowest BCUT2D eigenvalue weighted by Crippen LogP contribution is -2.12. The second kappa shape index (κ2) is 8.03. The van der Waals surface area contributed by atoms with Gasteiger partial charge in [-0.05, 0) is 49.7 Å². The maximum absolute atomic E-state index is 12.4. The van der Waals surface area contributed by atoms with Crippen LogP contribution in [0.4, 0.5) is 10.8 Å². The van der Waals surface area contributed by atoms with E-state index in [1.807, 2.05) is 32.0 Å². The molecule has 1 heterocycles. The number of hydrogen-bond acceptors (Lipinski definition) is 5. The van der Waals surface area contributed by atoms with E-state index < -0.39 is 0 Å². The molecule has 1 aromatic heterocycles. The van der Waals surface area contributed by atoms with Crippen molar-refractivity contribution in [3.8, 4) is 0 Å². The van der Waals surface area contributed by atoms with Crippen molar-refractivity contribution in [3.05, 3.63) is 52.0 Å². The Morgan fingerprint density at radius 3 is 2.77 bits per heavy atom. The zero-order valence-electron chi connectivity index (χ0n) is 14.1. The molecular formula is C18H16Cl2N4OS. The highest BCUT2D eigenvalue weighted by Crippen LogP contribution is 2.29. The fraction of sp³-hybridized carbons (Fsp3) is 0.167. The number of nitrogens with one attached hydrogen (secondary N) is 2. The molecule has 1 amide bonds. The van der Waals surface area contributed by atoms with Crippen molar-refractivity contribution in [3.63, 3.8) is 0 Å². The lowest BCUT2D eigenvalue weighted by molar-refractivity contribution is 0.102. The third-order valence-corrected chi connectivity index (χ3v) is 5.16. The summed E-state index contributed by atoms with van der Waals surface area (Å²) in [6.45, 7) is 4.00. The number of benzene rings is 2. The van der Waals surface area contributed by atoms with Gasteiger partial charge in [-0.15, -0.1) is 0 Å². The molecule has 0 atom stereocenters. The van der Waals surface area contributed by atoms with E-state index >= 15 is 0 Å². The van der Waals surface area contributed by atoms with Gasteiger partial charge in [-0.1, -0.05) is 41.5 Å². The Bertz CT molecular complexity index is 1000. The van der Waals surface area contributed by atoms with Gasteiger partial charge >= 0.3 is 0 Å². The highest BCUT2D eigenvalue weighted by molar-refractivity contribution is 7.22. The van der Waals surface area contributed by atoms with E-state index in [0.717, 1.165) is 22.3 Å². The summed E-state index contributed by atoms with van der Waals surface area (Å²) in [4.78, 5) is 16.9. The normalized spacial score (nSPS) is 11.6. The molecule has 0 aliphatic carbocycles. The number of fused-ring (bicyclic) bond motifs is 1. The van der Waals surface area contributed by atoms with Gasteiger partial charge in [0, 0.05) is 16.4 Å². The molecule has 134 valence electrons. The quantitative estimate of drug-likeness (QED) is 0.400. The summed E-state index contributed by atoms with van der Waals surface area (Å²) in [7, 11) is 0. The van der Waals surface area contributed by atoms with Crippen molar-refractivity contribution in [1.82, 2.24) is 4.98 Å². The monoisotopic (exact) mass is 406 g/mol. The molecule has 0 saturated heterocycles. The largest absolute Gasteiger partial charge is 0.322 e. The van der Waals surface area contributed by atoms with Crippen molar-refractivity contribution in [2.45, 2.75) is 20.3 Å². The minimum Gasteiger partial charge on any atom is -0.322 e. The molecule has 0 saturated carbocycles. The van der Waals surface area contributed by atoms with Crippen LogP contribution in [0.5, 0.6) is 0 Å². The highest BCUT2D eigenvalue weighted by atomic mass is 35.5. The molecule has 0 aliphatic rings. The van der Waals surface area contributed by atoms with Crippen LogP contribution in [-0.2, 0) is 0 Å². The second-order valence-corrected chi connectivity index (χ2v) is 7.47. The van der Waals surface area contributed by atoms with Gasteiger partial charge in [0.05, 0.1) is 20.8 Å². The molecule has 3 rings (SSSR count). The molecule has 0 unspecified atom stereocenters. The molecule has 2 N–H and O–H groups in total. The van der Waals surface area contributed by atoms with Gasteiger partial charge < -0.3 is 5.32 Å². The van der Waals surface area contributed by atoms with E-state index in [1.54, 1.807) is 18.2 Å². The number of amides is 1. The van der Waals surface area contributed by atoms with Crippen LogP contribution in [0.2, 0.25) is 10.0 Å². The van der Waals surface area contributed by atoms with Crippen molar-refractivity contribution in [1.29, 1.82) is 0 Å². The molecule has 3 aromatic rings. The van der Waals surface area contributed by atoms with Crippen LogP contribution in [0, 0.1) is 0 Å². The Balaban J connectivity index is 1.79. The predicted molar refractivity (Wildman–Crippen MR) is 111 cm³/mol. The molecule has 0 radical (unpaired) electrons. The number of carbonyl (C=O) groups excluding carboxylic acids is 1. The standard InChI is InChI=1S/C18H16Cl2N4OS/c1-3-10(2)23-24-18-22-15-9-12(5-7-16(15)26-18)21-17(25)13-6-4-11(19)8-14(13)20/h4-9H,3H2,1-2H3,(H,21,25)(H,22,24)/b23-10-. The average Bonchev–Trinajstić information content (AvgIpc) is 3.01. The zero-order chi connectivity index (χ0) is 18.7. The minimum atomic E-state index is -0.303. The number of halogens is 2. The summed E-state index contributed by atoms with van der Waals surface area (Å²) in [6, 6.07) is 10.3. The maximum Gasteiger partial charge on any atom is 0.257 e. The molecule has 0 aliphatic heterocycles. The summed E-state index contributed by atoms with van der Waals surface area (Å²) in [5, 5.41) is 8.58. The molecule has 2 aromatic carbocycles. The van der Waals surface area contributed by atoms with E-state index in [1.165, 1.54) is 11.3 Å². The van der Waals surface area contributed by atoms with E-state index in [4.69, 9.17) is 23.2 Å². The second-order valence-electron chi connectivity index (χ2n) is 5.59. The first-order valence-corrected chi connectivity index (χ1v) is 9.49. The van der Waals surface area contributed by atoms with E-state index in [9.17, 15) is 4.79 Å². The van der Waals surface area contributed by atoms with Gasteiger partial charge in [-0.3, -0.25) is 10.2 Å². The lowest BCUT2D eigenvalue weighted by Gasteiger charge is -2.07. The van der Waals surface area contributed by atoms with E-state index in [0.29, 0.717) is 26.4 Å². The van der Waals surface area contributed by atoms with Gasteiger partial charge in [-0.2, -0.15) is 5.10 Å². The van der Waals surface area contributed by atoms with Crippen LogP contribution in [0.3, 0.4) is 0 Å². The van der Waals surface area contributed by atoms with Crippen LogP contribution >= 0.6 is 34.5 Å². The Morgan fingerprint density at radius 1 is 1.23 bits per heavy atom. The highest BCUT2D eigenvalue weighted by Gasteiger charge is 2.12. The molecule has 0 fully saturated rings. The van der Waals surface area contributed by atoms with Gasteiger partial charge in [0.15, 0.2) is 0 Å². The lowest BCUT2D eigenvalue weighted by atomic mass is 10.2. The van der Waals surface area contributed by atoms with Gasteiger partial charge in [0.2, 0.25) is 5.13 Å². The van der Waals surface area contributed by atoms with Crippen molar-refractivity contribution in [2.75, 3.05) is 10.7 Å². The number of anilines is 2. The number of carbonyl (C=O) groups is 1. The molecule has 5 nitrogen and oxygen atoms in total. The first kappa shape index (κ1) is 18.6.